The number of halogens is 1. The third-order valence-corrected chi connectivity index (χ3v) is 7.08. The van der Waals surface area contributed by atoms with Crippen LogP contribution in [0.15, 0.2) is 47.4 Å². The van der Waals surface area contributed by atoms with Crippen LogP contribution in [0.3, 0.4) is 0 Å². The molecule has 0 saturated carbocycles. The summed E-state index contributed by atoms with van der Waals surface area (Å²) in [7, 11) is -2.62. The fourth-order valence-electron chi connectivity index (χ4n) is 3.46. The average molecular weight is 467 g/mol. The monoisotopic (exact) mass is 466 g/mol. The summed E-state index contributed by atoms with van der Waals surface area (Å²) in [6.07, 6.45) is 0. The SMILES string of the molecule is COc1ccc(Cl)cc1N(CC(=O)NC(C(C)C)C(C)C)S(=O)(=O)c1ccc(C)cc1. The quantitative estimate of drug-likeness (QED) is 0.583. The molecule has 0 unspecified atom stereocenters. The van der Waals surface area contributed by atoms with Crippen LogP contribution in [0.1, 0.15) is 33.3 Å². The number of carbonyl (C=O) groups is 1. The van der Waals surface area contributed by atoms with Gasteiger partial charge in [-0.3, -0.25) is 9.10 Å². The van der Waals surface area contributed by atoms with E-state index in [-0.39, 0.29) is 28.5 Å². The Bertz CT molecular complexity index is 997. The van der Waals surface area contributed by atoms with Gasteiger partial charge in [0.15, 0.2) is 0 Å². The van der Waals surface area contributed by atoms with Gasteiger partial charge in [0.1, 0.15) is 12.3 Å². The van der Waals surface area contributed by atoms with Crippen LogP contribution in [-0.2, 0) is 14.8 Å². The van der Waals surface area contributed by atoms with Crippen molar-refractivity contribution in [3.05, 3.63) is 53.1 Å². The lowest BCUT2D eigenvalue weighted by Gasteiger charge is -2.29. The van der Waals surface area contributed by atoms with Gasteiger partial charge in [-0.1, -0.05) is 57.0 Å². The topological polar surface area (TPSA) is 75.7 Å². The maximum atomic E-state index is 13.6. The molecule has 0 bridgehead atoms. The van der Waals surface area contributed by atoms with Crippen LogP contribution < -0.4 is 14.4 Å². The third-order valence-electron chi connectivity index (χ3n) is 5.07. The molecule has 2 aromatic carbocycles. The molecule has 0 saturated heterocycles. The summed E-state index contributed by atoms with van der Waals surface area (Å²) in [4.78, 5) is 13.1. The van der Waals surface area contributed by atoms with Gasteiger partial charge in [-0.15, -0.1) is 0 Å². The van der Waals surface area contributed by atoms with Gasteiger partial charge in [0, 0.05) is 11.1 Å². The van der Waals surface area contributed by atoms with Gasteiger partial charge in [0.2, 0.25) is 5.91 Å². The van der Waals surface area contributed by atoms with Crippen molar-refractivity contribution in [1.29, 1.82) is 0 Å². The van der Waals surface area contributed by atoms with Gasteiger partial charge < -0.3 is 10.1 Å². The van der Waals surface area contributed by atoms with Crippen molar-refractivity contribution >= 4 is 33.2 Å². The molecule has 6 nitrogen and oxygen atoms in total. The number of benzene rings is 2. The number of ether oxygens (including phenoxy) is 1. The van der Waals surface area contributed by atoms with Crippen LogP contribution >= 0.6 is 11.6 Å². The van der Waals surface area contributed by atoms with E-state index in [1.54, 1.807) is 24.3 Å². The van der Waals surface area contributed by atoms with Crippen molar-refractivity contribution < 1.29 is 17.9 Å². The molecule has 2 rings (SSSR count). The maximum Gasteiger partial charge on any atom is 0.264 e. The number of hydrogen-bond acceptors (Lipinski definition) is 4. The lowest BCUT2D eigenvalue weighted by molar-refractivity contribution is -0.121. The number of amides is 1. The number of carbonyl (C=O) groups excluding carboxylic acids is 1. The Kier molecular flexibility index (Phi) is 8.37. The maximum absolute atomic E-state index is 13.6. The molecule has 170 valence electrons. The summed E-state index contributed by atoms with van der Waals surface area (Å²) in [5.74, 6) is 0.306. The predicted molar refractivity (Wildman–Crippen MR) is 125 cm³/mol. The minimum atomic E-state index is -4.06. The largest absolute Gasteiger partial charge is 0.495 e. The fraction of sp³-hybridized carbons (Fsp3) is 0.435. The second-order valence-electron chi connectivity index (χ2n) is 8.22. The molecule has 0 aliphatic heterocycles. The number of nitrogens with one attached hydrogen (secondary N) is 1. The molecule has 0 atom stereocenters. The molecule has 0 radical (unpaired) electrons. The number of methoxy groups -OCH3 is 1. The van der Waals surface area contributed by atoms with E-state index in [0.717, 1.165) is 9.87 Å². The van der Waals surface area contributed by atoms with Crippen molar-refractivity contribution in [2.24, 2.45) is 11.8 Å². The number of hydrogen-bond donors (Lipinski definition) is 1. The lowest BCUT2D eigenvalue weighted by Crippen LogP contribution is -2.48. The molecule has 0 aliphatic rings. The van der Waals surface area contributed by atoms with E-state index < -0.39 is 22.5 Å². The Balaban J connectivity index is 2.52. The van der Waals surface area contributed by atoms with E-state index in [2.05, 4.69) is 5.32 Å². The molecule has 1 N–H and O–H groups in total. The fourth-order valence-corrected chi connectivity index (χ4v) is 5.05. The molecule has 31 heavy (non-hydrogen) atoms. The van der Waals surface area contributed by atoms with E-state index in [4.69, 9.17) is 16.3 Å². The number of anilines is 1. The first kappa shape index (κ1) is 25.0. The number of sulfonamides is 1. The van der Waals surface area contributed by atoms with Crippen LogP contribution in [0.5, 0.6) is 5.75 Å². The van der Waals surface area contributed by atoms with Crippen LogP contribution in [0, 0.1) is 18.8 Å². The number of nitrogens with zero attached hydrogens (tertiary/aromatic N) is 1. The molecule has 0 aromatic heterocycles. The molecule has 1 amide bonds. The van der Waals surface area contributed by atoms with Crippen molar-refractivity contribution in [3.8, 4) is 5.75 Å². The first-order valence-electron chi connectivity index (χ1n) is 10.2. The second-order valence-corrected chi connectivity index (χ2v) is 10.5. The molecule has 2 aromatic rings. The predicted octanol–water partition coefficient (Wildman–Crippen LogP) is 4.65. The Morgan fingerprint density at radius 2 is 1.65 bits per heavy atom. The highest BCUT2D eigenvalue weighted by molar-refractivity contribution is 7.92. The molecule has 0 fully saturated rings. The first-order chi connectivity index (χ1) is 14.5. The smallest absolute Gasteiger partial charge is 0.264 e. The molecular formula is C23H31ClN2O4S. The van der Waals surface area contributed by atoms with Gasteiger partial charge in [0.25, 0.3) is 10.0 Å². The highest BCUT2D eigenvalue weighted by atomic mass is 35.5. The average Bonchev–Trinajstić information content (AvgIpc) is 2.70. The highest BCUT2D eigenvalue weighted by Gasteiger charge is 2.31. The summed E-state index contributed by atoms with van der Waals surface area (Å²) < 4.78 is 33.5. The minimum absolute atomic E-state index is 0.0807. The minimum Gasteiger partial charge on any atom is -0.495 e. The Hall–Kier alpha value is -2.25. The van der Waals surface area contributed by atoms with Crippen molar-refractivity contribution in [2.45, 2.75) is 45.6 Å². The second kappa shape index (κ2) is 10.4. The zero-order valence-corrected chi connectivity index (χ0v) is 20.4. The molecule has 0 heterocycles. The van der Waals surface area contributed by atoms with E-state index in [9.17, 15) is 13.2 Å². The van der Waals surface area contributed by atoms with Crippen LogP contribution in [-0.4, -0.2) is 34.0 Å². The molecule has 8 heteroatoms. The van der Waals surface area contributed by atoms with Crippen molar-refractivity contribution in [3.63, 3.8) is 0 Å². The standard InChI is InChI=1S/C23H31ClN2O4S/c1-15(2)23(16(3)4)25-22(27)14-26(20-13-18(24)9-12-21(20)30-6)31(28,29)19-10-7-17(5)8-11-19/h7-13,15-16,23H,14H2,1-6H3,(H,25,27). The van der Waals surface area contributed by atoms with Crippen LogP contribution in [0.25, 0.3) is 0 Å². The van der Waals surface area contributed by atoms with E-state index in [0.29, 0.717) is 10.8 Å². The zero-order valence-electron chi connectivity index (χ0n) is 18.8. The molecule has 0 spiro atoms. The number of aryl methyl sites for hydroxylation is 1. The summed E-state index contributed by atoms with van der Waals surface area (Å²) in [6.45, 7) is 9.55. The summed E-state index contributed by atoms with van der Waals surface area (Å²) >= 11 is 6.16. The normalized spacial score (nSPS) is 11.8. The Morgan fingerprint density at radius 3 is 2.16 bits per heavy atom. The Labute approximate surface area is 190 Å². The van der Waals surface area contributed by atoms with Crippen LogP contribution in [0.2, 0.25) is 5.02 Å². The van der Waals surface area contributed by atoms with E-state index in [1.165, 1.54) is 25.3 Å². The highest BCUT2D eigenvalue weighted by Crippen LogP contribution is 2.34. The van der Waals surface area contributed by atoms with Crippen LogP contribution in [0.4, 0.5) is 5.69 Å². The molecule has 0 aliphatic carbocycles. The summed E-state index contributed by atoms with van der Waals surface area (Å²) in [6, 6.07) is 11.1. The van der Waals surface area contributed by atoms with Crippen molar-refractivity contribution in [2.75, 3.05) is 18.0 Å². The first-order valence-corrected chi connectivity index (χ1v) is 12.0. The van der Waals surface area contributed by atoms with Gasteiger partial charge in [0.05, 0.1) is 17.7 Å². The van der Waals surface area contributed by atoms with Gasteiger partial charge >= 0.3 is 0 Å². The summed E-state index contributed by atoms with van der Waals surface area (Å²) in [5, 5.41) is 3.32. The number of rotatable bonds is 9. The van der Waals surface area contributed by atoms with Crippen molar-refractivity contribution in [1.82, 2.24) is 5.32 Å². The zero-order chi connectivity index (χ0) is 23.3. The van der Waals surface area contributed by atoms with E-state index in [1.807, 2.05) is 34.6 Å². The lowest BCUT2D eigenvalue weighted by atomic mass is 9.93. The van der Waals surface area contributed by atoms with Gasteiger partial charge in [-0.2, -0.15) is 0 Å². The molecular weight excluding hydrogens is 436 g/mol. The van der Waals surface area contributed by atoms with Gasteiger partial charge in [-0.05, 0) is 49.1 Å². The third kappa shape index (κ3) is 6.14. The summed E-state index contributed by atoms with van der Waals surface area (Å²) in [5.41, 5.74) is 1.14. The van der Waals surface area contributed by atoms with Gasteiger partial charge in [-0.25, -0.2) is 8.42 Å². The van der Waals surface area contributed by atoms with E-state index >= 15 is 0 Å². The Morgan fingerprint density at radius 1 is 1.06 bits per heavy atom.